The van der Waals surface area contributed by atoms with Crippen molar-refractivity contribution in [1.82, 2.24) is 0 Å². The van der Waals surface area contributed by atoms with Gasteiger partial charge in [0.05, 0.1) is 0 Å². The molecule has 0 N–H and O–H groups in total. The van der Waals surface area contributed by atoms with Crippen LogP contribution in [0.5, 0.6) is 0 Å². The van der Waals surface area contributed by atoms with Crippen LogP contribution in [-0.4, -0.2) is 37.2 Å². The van der Waals surface area contributed by atoms with Gasteiger partial charge in [0.25, 0.3) is 0 Å². The summed E-state index contributed by atoms with van der Waals surface area (Å²) in [4.78, 5) is 38.1. The van der Waals surface area contributed by atoms with Crippen LogP contribution in [0, 0.1) is 0 Å². The van der Waals surface area contributed by atoms with Gasteiger partial charge in [-0.15, -0.1) is 0 Å². The number of hydrogen-bond acceptors (Lipinski definition) is 6. The highest BCUT2D eigenvalue weighted by molar-refractivity contribution is 5.71. The van der Waals surface area contributed by atoms with Gasteiger partial charge in [-0.1, -0.05) is 237 Å². The number of rotatable bonds is 48. The molecule has 0 aliphatic heterocycles. The Kier molecular flexibility index (Phi) is 53.0. The van der Waals surface area contributed by atoms with Crippen LogP contribution in [0.2, 0.25) is 0 Å². The topological polar surface area (TPSA) is 78.9 Å². The third kappa shape index (κ3) is 54.2. The van der Waals surface area contributed by atoms with Crippen molar-refractivity contribution in [1.29, 1.82) is 0 Å². The molecule has 0 aromatic rings. The molecule has 70 heavy (non-hydrogen) atoms. The summed E-state index contributed by atoms with van der Waals surface area (Å²) < 4.78 is 16.8. The van der Waals surface area contributed by atoms with Crippen molar-refractivity contribution in [3.63, 3.8) is 0 Å². The second-order valence-corrected chi connectivity index (χ2v) is 17.9. The van der Waals surface area contributed by atoms with E-state index < -0.39 is 6.10 Å². The van der Waals surface area contributed by atoms with Crippen LogP contribution in [0.1, 0.15) is 220 Å². The van der Waals surface area contributed by atoms with Gasteiger partial charge in [-0.3, -0.25) is 14.4 Å². The largest absolute Gasteiger partial charge is 0.462 e. The highest BCUT2D eigenvalue weighted by Crippen LogP contribution is 2.13. The third-order valence-corrected chi connectivity index (χ3v) is 11.2. The molecule has 0 bridgehead atoms. The van der Waals surface area contributed by atoms with Crippen LogP contribution < -0.4 is 0 Å². The van der Waals surface area contributed by atoms with Crippen LogP contribution >= 0.6 is 0 Å². The van der Waals surface area contributed by atoms with Gasteiger partial charge in [-0.05, 0) is 109 Å². The number of carbonyl (C=O) groups is 3. The maximum atomic E-state index is 12.9. The predicted molar refractivity (Wildman–Crippen MR) is 302 cm³/mol. The summed E-state index contributed by atoms with van der Waals surface area (Å²) in [6.45, 7) is 6.36. The number of unbranched alkanes of at least 4 members (excludes halogenated alkanes) is 19. The molecule has 0 saturated heterocycles. The highest BCUT2D eigenvalue weighted by Gasteiger charge is 2.19. The average molecular weight is 965 g/mol. The molecule has 0 rings (SSSR count). The molecule has 1 unspecified atom stereocenters. The minimum absolute atomic E-state index is 0.117. The Morgan fingerprint density at radius 2 is 0.614 bits per heavy atom. The Morgan fingerprint density at radius 3 is 1.01 bits per heavy atom. The Balaban J connectivity index is 4.58. The summed E-state index contributed by atoms with van der Waals surface area (Å²) in [6.07, 6.45) is 81.0. The first kappa shape index (κ1) is 65.3. The molecule has 392 valence electrons. The van der Waals surface area contributed by atoms with E-state index in [2.05, 4.69) is 167 Å². The molecule has 1 atom stereocenters. The van der Waals surface area contributed by atoms with Crippen LogP contribution in [-0.2, 0) is 28.6 Å². The van der Waals surface area contributed by atoms with Gasteiger partial charge in [0.15, 0.2) is 6.10 Å². The Labute approximate surface area is 429 Å². The van der Waals surface area contributed by atoms with E-state index in [0.717, 1.165) is 141 Å². The normalized spacial score (nSPS) is 13.2. The first-order valence-electron chi connectivity index (χ1n) is 27.9. The maximum absolute atomic E-state index is 12.9. The molecular formula is C64H100O6. The van der Waals surface area contributed by atoms with Crippen LogP contribution in [0.25, 0.3) is 0 Å². The van der Waals surface area contributed by atoms with Gasteiger partial charge in [0.1, 0.15) is 13.2 Å². The van der Waals surface area contributed by atoms with Crippen molar-refractivity contribution < 1.29 is 28.6 Å². The van der Waals surface area contributed by atoms with E-state index in [1.165, 1.54) is 38.5 Å². The molecule has 0 aliphatic carbocycles. The molecule has 0 aromatic heterocycles. The van der Waals surface area contributed by atoms with Gasteiger partial charge in [-0.2, -0.15) is 0 Å². The Bertz CT molecular complexity index is 1580. The number of hydrogen-bond donors (Lipinski definition) is 0. The number of allylic oxidation sites excluding steroid dienone is 24. The molecule has 0 amide bonds. The van der Waals surface area contributed by atoms with Crippen LogP contribution in [0.3, 0.4) is 0 Å². The lowest BCUT2D eigenvalue weighted by molar-refractivity contribution is -0.167. The van der Waals surface area contributed by atoms with Crippen molar-refractivity contribution in [3.8, 4) is 0 Å². The fraction of sp³-hybridized carbons (Fsp3) is 0.578. The standard InChI is InChI=1S/C64H100O6/c1-4-7-10-13-16-19-22-25-28-31-33-36-39-42-45-48-51-54-57-63(66)69-60-61(59-68-62(65)56-53-50-47-44-41-38-35-30-27-24-21-18-15-12-9-6-3)70-64(67)58-55-52-49-46-43-40-37-34-32-29-26-23-20-17-14-11-8-5-2/h9,12,16-23,25-34,36-38,41,61H,4-8,10-11,13-15,24,35,39-40,42-60H2,1-3H3/b12-9-,19-16-,20-17-,21-18-,25-22-,26-23-,30-27-,31-28-,32-29-,36-33-,37-34-,41-38-. The van der Waals surface area contributed by atoms with Gasteiger partial charge < -0.3 is 14.2 Å². The molecule has 0 fully saturated rings. The fourth-order valence-corrected chi connectivity index (χ4v) is 7.04. The molecule has 0 spiro atoms. The molecular weight excluding hydrogens is 865 g/mol. The van der Waals surface area contributed by atoms with Crippen molar-refractivity contribution in [2.24, 2.45) is 0 Å². The molecule has 6 nitrogen and oxygen atoms in total. The molecule has 0 heterocycles. The SMILES string of the molecule is CC/C=C\C/C=C\C/C=C\C/C=C\CCCCCC(=O)OCC(COC(=O)CCCCCCC\C=C/C=C\C=C/C=C\CCCCC)OC(=O)CCCCCCC\C=C/C=C\C=C/C=C\CCCCC. The van der Waals surface area contributed by atoms with Gasteiger partial charge in [-0.25, -0.2) is 0 Å². The summed E-state index contributed by atoms with van der Waals surface area (Å²) in [5.74, 6) is -1.000. The van der Waals surface area contributed by atoms with E-state index in [4.69, 9.17) is 14.2 Å². The fourth-order valence-electron chi connectivity index (χ4n) is 7.04. The Morgan fingerprint density at radius 1 is 0.314 bits per heavy atom. The minimum Gasteiger partial charge on any atom is -0.462 e. The zero-order valence-corrected chi connectivity index (χ0v) is 44.7. The van der Waals surface area contributed by atoms with Gasteiger partial charge >= 0.3 is 17.9 Å². The first-order valence-corrected chi connectivity index (χ1v) is 27.9. The van der Waals surface area contributed by atoms with Crippen molar-refractivity contribution in [3.05, 3.63) is 146 Å². The second-order valence-electron chi connectivity index (χ2n) is 17.9. The molecule has 0 aromatic carbocycles. The van der Waals surface area contributed by atoms with E-state index >= 15 is 0 Å². The summed E-state index contributed by atoms with van der Waals surface area (Å²) >= 11 is 0. The molecule has 6 heteroatoms. The lowest BCUT2D eigenvalue weighted by atomic mass is 10.1. The second kappa shape index (κ2) is 56.9. The predicted octanol–water partition coefficient (Wildman–Crippen LogP) is 18.8. The van der Waals surface area contributed by atoms with Crippen LogP contribution in [0.4, 0.5) is 0 Å². The lowest BCUT2D eigenvalue weighted by Gasteiger charge is -2.18. The van der Waals surface area contributed by atoms with Crippen molar-refractivity contribution in [2.75, 3.05) is 13.2 Å². The average Bonchev–Trinajstić information content (AvgIpc) is 3.36. The third-order valence-electron chi connectivity index (χ3n) is 11.2. The van der Waals surface area contributed by atoms with Crippen molar-refractivity contribution in [2.45, 2.75) is 226 Å². The Hall–Kier alpha value is -4.71. The molecule has 0 saturated carbocycles. The summed E-state index contributed by atoms with van der Waals surface area (Å²) in [5.41, 5.74) is 0. The highest BCUT2D eigenvalue weighted by atomic mass is 16.6. The number of carbonyl (C=O) groups excluding carboxylic acids is 3. The maximum Gasteiger partial charge on any atom is 0.306 e. The monoisotopic (exact) mass is 965 g/mol. The first-order chi connectivity index (χ1) is 34.5. The number of ether oxygens (including phenoxy) is 3. The summed E-state index contributed by atoms with van der Waals surface area (Å²) in [7, 11) is 0. The van der Waals surface area contributed by atoms with Gasteiger partial charge in [0.2, 0.25) is 0 Å². The van der Waals surface area contributed by atoms with E-state index in [0.29, 0.717) is 12.8 Å². The summed E-state index contributed by atoms with van der Waals surface area (Å²) in [6, 6.07) is 0. The van der Waals surface area contributed by atoms with E-state index in [1.807, 2.05) is 0 Å². The van der Waals surface area contributed by atoms with E-state index in [1.54, 1.807) is 0 Å². The zero-order valence-electron chi connectivity index (χ0n) is 44.7. The van der Waals surface area contributed by atoms with E-state index in [9.17, 15) is 14.4 Å². The number of esters is 3. The van der Waals surface area contributed by atoms with Crippen LogP contribution in [0.15, 0.2) is 146 Å². The smallest absolute Gasteiger partial charge is 0.306 e. The minimum atomic E-state index is -0.821. The van der Waals surface area contributed by atoms with Gasteiger partial charge in [0, 0.05) is 19.3 Å². The zero-order chi connectivity index (χ0) is 50.7. The lowest BCUT2D eigenvalue weighted by Crippen LogP contribution is -2.30. The quantitative estimate of drug-likeness (QED) is 0.0199. The molecule has 0 radical (unpaired) electrons. The summed E-state index contributed by atoms with van der Waals surface area (Å²) in [5, 5.41) is 0. The molecule has 0 aliphatic rings. The van der Waals surface area contributed by atoms with E-state index in [-0.39, 0.29) is 37.5 Å². The van der Waals surface area contributed by atoms with Crippen molar-refractivity contribution >= 4 is 17.9 Å².